The molecule has 0 atom stereocenters. The van der Waals surface area contributed by atoms with Crippen molar-refractivity contribution >= 4 is 40.7 Å². The summed E-state index contributed by atoms with van der Waals surface area (Å²) in [5.74, 6) is -2.30. The van der Waals surface area contributed by atoms with E-state index >= 15 is 0 Å². The lowest BCUT2D eigenvalue weighted by molar-refractivity contribution is -0.384. The van der Waals surface area contributed by atoms with Crippen LogP contribution in [0, 0.1) is 10.1 Å². The topological polar surface area (TPSA) is 139 Å². The van der Waals surface area contributed by atoms with Crippen LogP contribution in [0.3, 0.4) is 0 Å². The van der Waals surface area contributed by atoms with Gasteiger partial charge in [-0.05, 0) is 30.3 Å². The average Bonchev–Trinajstić information content (AvgIpc) is 2.87. The molecule has 4 amide bonds. The maximum Gasteiger partial charge on any atom is 0.270 e. The van der Waals surface area contributed by atoms with Crippen molar-refractivity contribution in [3.05, 3.63) is 63.7 Å². The molecule has 2 N–H and O–H groups in total. The summed E-state index contributed by atoms with van der Waals surface area (Å²) in [5, 5.41) is 16.0. The number of benzene rings is 2. The van der Waals surface area contributed by atoms with Crippen LogP contribution in [0.1, 0.15) is 27.6 Å². The Morgan fingerprint density at radius 2 is 1.54 bits per heavy atom. The third kappa shape index (κ3) is 3.70. The number of fused-ring (bicyclic) bond motifs is 1. The molecular formula is C18H14N4O6. The van der Waals surface area contributed by atoms with Gasteiger partial charge in [0.15, 0.2) is 0 Å². The Kier molecular flexibility index (Phi) is 4.86. The lowest BCUT2D eigenvalue weighted by atomic mass is 10.1. The maximum absolute atomic E-state index is 12.4. The third-order valence-electron chi connectivity index (χ3n) is 3.96. The number of carbonyl (C=O) groups excluding carboxylic acids is 4. The van der Waals surface area contributed by atoms with Crippen molar-refractivity contribution in [3.63, 3.8) is 0 Å². The Bertz CT molecular complexity index is 1020. The number of anilines is 2. The van der Waals surface area contributed by atoms with Crippen LogP contribution in [0.25, 0.3) is 0 Å². The number of nitro groups is 1. The van der Waals surface area contributed by atoms with Crippen molar-refractivity contribution in [1.29, 1.82) is 0 Å². The summed E-state index contributed by atoms with van der Waals surface area (Å²) in [7, 11) is 0. The lowest BCUT2D eigenvalue weighted by Gasteiger charge is -2.13. The molecule has 2 aromatic rings. The van der Waals surface area contributed by atoms with Crippen LogP contribution in [0.15, 0.2) is 42.5 Å². The number of rotatable bonds is 5. The van der Waals surface area contributed by atoms with Crippen molar-refractivity contribution < 1.29 is 24.1 Å². The maximum atomic E-state index is 12.4. The van der Waals surface area contributed by atoms with Crippen LogP contribution in [0.4, 0.5) is 17.1 Å². The van der Waals surface area contributed by atoms with Gasteiger partial charge in [-0.25, -0.2) is 0 Å². The first-order chi connectivity index (χ1) is 13.3. The van der Waals surface area contributed by atoms with Gasteiger partial charge in [-0.2, -0.15) is 0 Å². The molecule has 0 fully saturated rings. The molecule has 0 aliphatic carbocycles. The number of hydrogen-bond acceptors (Lipinski definition) is 6. The lowest BCUT2D eigenvalue weighted by Crippen LogP contribution is -2.37. The fourth-order valence-electron chi connectivity index (χ4n) is 2.72. The minimum Gasteiger partial charge on any atom is -0.326 e. The van der Waals surface area contributed by atoms with Crippen molar-refractivity contribution in [2.24, 2.45) is 0 Å². The first-order valence-electron chi connectivity index (χ1n) is 8.08. The summed E-state index contributed by atoms with van der Waals surface area (Å²) >= 11 is 0. The summed E-state index contributed by atoms with van der Waals surface area (Å²) < 4.78 is 0. The quantitative estimate of drug-likeness (QED) is 0.459. The first-order valence-corrected chi connectivity index (χ1v) is 8.08. The molecule has 0 bridgehead atoms. The molecule has 0 aromatic heterocycles. The number of carbonyl (C=O) groups is 4. The molecule has 0 saturated heterocycles. The number of imide groups is 1. The molecule has 10 nitrogen and oxygen atoms in total. The smallest absolute Gasteiger partial charge is 0.270 e. The van der Waals surface area contributed by atoms with Crippen LogP contribution >= 0.6 is 0 Å². The van der Waals surface area contributed by atoms with E-state index in [0.29, 0.717) is 11.4 Å². The highest BCUT2D eigenvalue weighted by Gasteiger charge is 2.37. The Balaban J connectivity index is 1.69. The van der Waals surface area contributed by atoms with Gasteiger partial charge in [0, 0.05) is 30.4 Å². The Hall–Kier alpha value is -4.08. The molecule has 142 valence electrons. The van der Waals surface area contributed by atoms with Crippen molar-refractivity contribution in [3.8, 4) is 0 Å². The fourth-order valence-corrected chi connectivity index (χ4v) is 2.72. The molecule has 0 unspecified atom stereocenters. The number of amides is 4. The van der Waals surface area contributed by atoms with E-state index in [1.165, 1.54) is 13.0 Å². The Morgan fingerprint density at radius 3 is 2.11 bits per heavy atom. The van der Waals surface area contributed by atoms with Crippen molar-refractivity contribution in [2.45, 2.75) is 6.92 Å². The van der Waals surface area contributed by atoms with Gasteiger partial charge in [0.2, 0.25) is 11.8 Å². The van der Waals surface area contributed by atoms with E-state index in [1.54, 1.807) is 24.3 Å². The molecule has 10 heteroatoms. The van der Waals surface area contributed by atoms with E-state index in [4.69, 9.17) is 0 Å². The van der Waals surface area contributed by atoms with Gasteiger partial charge in [0.05, 0.1) is 16.1 Å². The number of nitro benzene ring substituents is 1. The number of nitrogens with one attached hydrogen (secondary N) is 2. The van der Waals surface area contributed by atoms with Crippen molar-refractivity contribution in [2.75, 3.05) is 17.2 Å². The number of nitrogens with zero attached hydrogens (tertiary/aromatic N) is 2. The molecule has 3 rings (SSSR count). The summed E-state index contributed by atoms with van der Waals surface area (Å²) in [6, 6.07) is 9.62. The molecule has 1 aliphatic rings. The predicted octanol–water partition coefficient (Wildman–Crippen LogP) is 1.79. The predicted molar refractivity (Wildman–Crippen MR) is 97.8 cm³/mol. The van der Waals surface area contributed by atoms with Crippen LogP contribution in [0.5, 0.6) is 0 Å². The molecule has 0 spiro atoms. The normalized spacial score (nSPS) is 12.5. The summed E-state index contributed by atoms with van der Waals surface area (Å²) in [6.45, 7) is 0.833. The fraction of sp³-hybridized carbons (Fsp3) is 0.111. The highest BCUT2D eigenvalue weighted by Crippen LogP contribution is 2.26. The SMILES string of the molecule is CC(=O)Nc1ccc(NC(=O)CN2C(=O)c3ccc([N+](=O)[O-])cc3C2=O)cc1. The molecule has 0 saturated carbocycles. The van der Waals surface area contributed by atoms with Crippen LogP contribution in [0.2, 0.25) is 0 Å². The van der Waals surface area contributed by atoms with E-state index in [9.17, 15) is 29.3 Å². The highest BCUT2D eigenvalue weighted by atomic mass is 16.6. The summed E-state index contributed by atoms with van der Waals surface area (Å²) in [4.78, 5) is 58.8. The zero-order chi connectivity index (χ0) is 20.4. The largest absolute Gasteiger partial charge is 0.326 e. The molecular weight excluding hydrogens is 368 g/mol. The van der Waals surface area contributed by atoms with Crippen LogP contribution in [-0.4, -0.2) is 40.0 Å². The summed E-state index contributed by atoms with van der Waals surface area (Å²) in [6.07, 6.45) is 0. The van der Waals surface area contributed by atoms with Crippen LogP contribution in [-0.2, 0) is 9.59 Å². The van der Waals surface area contributed by atoms with Gasteiger partial charge in [-0.15, -0.1) is 0 Å². The van der Waals surface area contributed by atoms with Crippen molar-refractivity contribution in [1.82, 2.24) is 4.90 Å². The second kappa shape index (κ2) is 7.27. The second-order valence-corrected chi connectivity index (χ2v) is 5.99. The third-order valence-corrected chi connectivity index (χ3v) is 3.96. The van der Waals surface area contributed by atoms with Gasteiger partial charge in [0.1, 0.15) is 6.54 Å². The molecule has 2 aromatic carbocycles. The van der Waals surface area contributed by atoms with E-state index in [0.717, 1.165) is 17.0 Å². The van der Waals surface area contributed by atoms with Crippen LogP contribution < -0.4 is 10.6 Å². The highest BCUT2D eigenvalue weighted by molar-refractivity contribution is 6.23. The summed E-state index contributed by atoms with van der Waals surface area (Å²) in [5.41, 5.74) is 0.555. The minimum atomic E-state index is -0.764. The number of hydrogen-bond donors (Lipinski definition) is 2. The van der Waals surface area contributed by atoms with E-state index in [-0.39, 0.29) is 22.7 Å². The van der Waals surface area contributed by atoms with E-state index < -0.39 is 29.2 Å². The van der Waals surface area contributed by atoms with Gasteiger partial charge in [-0.3, -0.25) is 34.2 Å². The zero-order valence-electron chi connectivity index (χ0n) is 14.6. The van der Waals surface area contributed by atoms with Gasteiger partial charge in [-0.1, -0.05) is 0 Å². The monoisotopic (exact) mass is 382 g/mol. The van der Waals surface area contributed by atoms with E-state index in [1.807, 2.05) is 0 Å². The van der Waals surface area contributed by atoms with Gasteiger partial charge >= 0.3 is 0 Å². The molecule has 1 heterocycles. The minimum absolute atomic E-state index is 0.0167. The Morgan fingerprint density at radius 1 is 0.964 bits per heavy atom. The van der Waals surface area contributed by atoms with Gasteiger partial charge in [0.25, 0.3) is 17.5 Å². The molecule has 0 radical (unpaired) electrons. The van der Waals surface area contributed by atoms with Gasteiger partial charge < -0.3 is 10.6 Å². The Labute approximate surface area is 158 Å². The standard InChI is InChI=1S/C18H14N4O6/c1-10(23)19-11-2-4-12(5-3-11)20-16(24)9-21-17(25)14-7-6-13(22(27)28)8-15(14)18(21)26/h2-8H,9H2,1H3,(H,19,23)(H,20,24). The zero-order valence-corrected chi connectivity index (χ0v) is 14.6. The first kappa shape index (κ1) is 18.7. The molecule has 1 aliphatic heterocycles. The molecule has 28 heavy (non-hydrogen) atoms. The average molecular weight is 382 g/mol. The second-order valence-electron chi connectivity index (χ2n) is 5.99. The number of non-ortho nitro benzene ring substituents is 1. The van der Waals surface area contributed by atoms with E-state index in [2.05, 4.69) is 10.6 Å².